The van der Waals surface area contributed by atoms with Crippen molar-refractivity contribution < 1.29 is 9.47 Å². The summed E-state index contributed by atoms with van der Waals surface area (Å²) in [5.74, 6) is 6.99. The first-order chi connectivity index (χ1) is 9.31. The van der Waals surface area contributed by atoms with E-state index in [0.29, 0.717) is 24.7 Å². The lowest BCUT2D eigenvalue weighted by Crippen LogP contribution is -2.37. The second-order valence-electron chi connectivity index (χ2n) is 5.30. The first-order valence-corrected chi connectivity index (χ1v) is 7.01. The summed E-state index contributed by atoms with van der Waals surface area (Å²) in [6, 6.07) is 2.11. The van der Waals surface area contributed by atoms with E-state index >= 15 is 0 Å². The molecule has 3 N–H and O–H groups in total. The predicted molar refractivity (Wildman–Crippen MR) is 71.5 cm³/mol. The van der Waals surface area contributed by atoms with Crippen LogP contribution in [0.3, 0.4) is 0 Å². The fourth-order valence-corrected chi connectivity index (χ4v) is 3.35. The van der Waals surface area contributed by atoms with E-state index in [-0.39, 0.29) is 6.04 Å². The summed E-state index contributed by atoms with van der Waals surface area (Å²) >= 11 is 0. The number of hydrogen-bond acceptors (Lipinski definition) is 5. The van der Waals surface area contributed by atoms with Gasteiger partial charge >= 0.3 is 0 Å². The topological polar surface area (TPSA) is 69.4 Å². The summed E-state index contributed by atoms with van der Waals surface area (Å²) < 4.78 is 11.4. The van der Waals surface area contributed by atoms with Gasteiger partial charge in [-0.1, -0.05) is 0 Å². The van der Waals surface area contributed by atoms with Crippen molar-refractivity contribution in [2.45, 2.75) is 44.4 Å². The maximum atomic E-state index is 5.92. The lowest BCUT2D eigenvalue weighted by Gasteiger charge is -2.28. The molecule has 2 saturated heterocycles. The number of aromatic nitrogens is 1. The Balaban J connectivity index is 1.80. The molecule has 4 unspecified atom stereocenters. The molecule has 1 aromatic heterocycles. The van der Waals surface area contributed by atoms with E-state index in [4.69, 9.17) is 15.3 Å². The van der Waals surface area contributed by atoms with Gasteiger partial charge in [0.25, 0.3) is 0 Å². The number of pyridine rings is 1. The number of nitrogens with zero attached hydrogens (tertiary/aromatic N) is 1. The van der Waals surface area contributed by atoms with Crippen molar-refractivity contribution in [1.82, 2.24) is 10.4 Å². The average Bonchev–Trinajstić information content (AvgIpc) is 3.03. The van der Waals surface area contributed by atoms with Gasteiger partial charge in [0.2, 0.25) is 0 Å². The van der Waals surface area contributed by atoms with E-state index in [2.05, 4.69) is 10.4 Å². The van der Waals surface area contributed by atoms with Gasteiger partial charge in [-0.25, -0.2) is 0 Å². The van der Waals surface area contributed by atoms with Crippen molar-refractivity contribution in [3.63, 3.8) is 0 Å². The molecule has 2 aliphatic rings. The predicted octanol–water partition coefficient (Wildman–Crippen LogP) is 1.55. The zero-order valence-corrected chi connectivity index (χ0v) is 11.2. The molecule has 0 saturated carbocycles. The van der Waals surface area contributed by atoms with E-state index in [0.717, 1.165) is 24.2 Å². The van der Waals surface area contributed by atoms with Crippen molar-refractivity contribution in [1.29, 1.82) is 0 Å². The molecule has 5 heteroatoms. The third-order valence-electron chi connectivity index (χ3n) is 4.17. The highest BCUT2D eigenvalue weighted by molar-refractivity contribution is 5.27. The minimum absolute atomic E-state index is 0.0863. The normalized spacial score (nSPS) is 30.5. The summed E-state index contributed by atoms with van der Waals surface area (Å²) in [6.07, 6.45) is 7.77. The molecule has 3 heterocycles. The van der Waals surface area contributed by atoms with Gasteiger partial charge in [-0.2, -0.15) is 0 Å². The van der Waals surface area contributed by atoms with E-state index in [1.807, 2.05) is 19.2 Å². The molecular formula is C14H21N3O2. The zero-order valence-electron chi connectivity index (χ0n) is 11.2. The number of ether oxygens (including phenoxy) is 2. The molecule has 104 valence electrons. The Labute approximate surface area is 113 Å². The molecule has 0 spiro atoms. The van der Waals surface area contributed by atoms with Crippen LogP contribution in [-0.4, -0.2) is 23.8 Å². The fourth-order valence-electron chi connectivity index (χ4n) is 3.35. The van der Waals surface area contributed by atoms with Crippen LogP contribution in [0, 0.1) is 5.92 Å². The SMILES string of the molecule is CCOc1cncc(C(NN)C2CC3CCC2O3)c1. The number of nitrogens with one attached hydrogen (secondary N) is 1. The van der Waals surface area contributed by atoms with Crippen LogP contribution in [0.1, 0.15) is 37.8 Å². The minimum Gasteiger partial charge on any atom is -0.492 e. The van der Waals surface area contributed by atoms with Crippen molar-refractivity contribution in [3.05, 3.63) is 24.0 Å². The molecule has 3 rings (SSSR count). The molecule has 0 amide bonds. The summed E-state index contributed by atoms with van der Waals surface area (Å²) in [7, 11) is 0. The molecule has 19 heavy (non-hydrogen) atoms. The van der Waals surface area contributed by atoms with Gasteiger partial charge in [0.05, 0.1) is 31.1 Å². The van der Waals surface area contributed by atoms with E-state index in [9.17, 15) is 0 Å². The van der Waals surface area contributed by atoms with Crippen LogP contribution in [0.2, 0.25) is 0 Å². The number of hydrazine groups is 1. The van der Waals surface area contributed by atoms with Crippen molar-refractivity contribution in [2.24, 2.45) is 11.8 Å². The van der Waals surface area contributed by atoms with Crippen LogP contribution in [0.5, 0.6) is 5.75 Å². The highest BCUT2D eigenvalue weighted by atomic mass is 16.5. The molecule has 0 radical (unpaired) electrons. The Hall–Kier alpha value is -1.17. The van der Waals surface area contributed by atoms with Crippen LogP contribution < -0.4 is 16.0 Å². The first kappa shape index (κ1) is 12.8. The second-order valence-corrected chi connectivity index (χ2v) is 5.30. The summed E-state index contributed by atoms with van der Waals surface area (Å²) in [6.45, 7) is 2.61. The van der Waals surface area contributed by atoms with Gasteiger partial charge in [0.1, 0.15) is 5.75 Å². The number of rotatable bonds is 5. The van der Waals surface area contributed by atoms with E-state index in [1.165, 1.54) is 6.42 Å². The van der Waals surface area contributed by atoms with Crippen LogP contribution in [-0.2, 0) is 4.74 Å². The summed E-state index contributed by atoms with van der Waals surface area (Å²) in [5.41, 5.74) is 4.02. The minimum atomic E-state index is 0.0863. The molecule has 2 fully saturated rings. The largest absolute Gasteiger partial charge is 0.492 e. The highest BCUT2D eigenvalue weighted by Gasteiger charge is 2.44. The third kappa shape index (κ3) is 2.45. The Kier molecular flexibility index (Phi) is 3.68. The van der Waals surface area contributed by atoms with Gasteiger partial charge in [-0.3, -0.25) is 16.3 Å². The Morgan fingerprint density at radius 1 is 1.53 bits per heavy atom. The molecule has 5 nitrogen and oxygen atoms in total. The van der Waals surface area contributed by atoms with Gasteiger partial charge < -0.3 is 9.47 Å². The molecule has 4 atom stereocenters. The van der Waals surface area contributed by atoms with Gasteiger partial charge in [0.15, 0.2) is 0 Å². The Bertz CT molecular complexity index is 440. The highest BCUT2D eigenvalue weighted by Crippen LogP contribution is 2.44. The van der Waals surface area contributed by atoms with Gasteiger partial charge in [-0.05, 0) is 37.8 Å². The zero-order chi connectivity index (χ0) is 13.2. The standard InChI is InChI=1S/C14H21N3O2/c1-2-18-11-5-9(7-16-8-11)14(17-15)12-6-10-3-4-13(12)19-10/h5,7-8,10,12-14,17H,2-4,6,15H2,1H3. The van der Waals surface area contributed by atoms with Gasteiger partial charge in [0, 0.05) is 12.1 Å². The molecular weight excluding hydrogens is 242 g/mol. The molecule has 2 bridgehead atoms. The summed E-state index contributed by atoms with van der Waals surface area (Å²) in [4.78, 5) is 4.24. The maximum absolute atomic E-state index is 5.92. The number of nitrogens with two attached hydrogens (primary N) is 1. The van der Waals surface area contributed by atoms with Gasteiger partial charge in [-0.15, -0.1) is 0 Å². The van der Waals surface area contributed by atoms with Crippen LogP contribution in [0.25, 0.3) is 0 Å². The lowest BCUT2D eigenvalue weighted by atomic mass is 9.81. The quantitative estimate of drug-likeness (QED) is 0.623. The van der Waals surface area contributed by atoms with Crippen LogP contribution >= 0.6 is 0 Å². The van der Waals surface area contributed by atoms with Crippen LogP contribution in [0.4, 0.5) is 0 Å². The lowest BCUT2D eigenvalue weighted by molar-refractivity contribution is 0.0856. The molecule has 0 aromatic carbocycles. The maximum Gasteiger partial charge on any atom is 0.137 e. The van der Waals surface area contributed by atoms with Crippen molar-refractivity contribution in [3.8, 4) is 5.75 Å². The molecule has 2 aliphatic heterocycles. The Morgan fingerprint density at radius 2 is 2.42 bits per heavy atom. The van der Waals surface area contributed by atoms with E-state index < -0.39 is 0 Å². The Morgan fingerprint density at radius 3 is 3.05 bits per heavy atom. The molecule has 1 aromatic rings. The first-order valence-electron chi connectivity index (χ1n) is 7.01. The fraction of sp³-hybridized carbons (Fsp3) is 0.643. The molecule has 0 aliphatic carbocycles. The number of hydrogen-bond donors (Lipinski definition) is 2. The van der Waals surface area contributed by atoms with Crippen molar-refractivity contribution in [2.75, 3.05) is 6.61 Å². The van der Waals surface area contributed by atoms with E-state index in [1.54, 1.807) is 6.20 Å². The summed E-state index contributed by atoms with van der Waals surface area (Å²) in [5, 5.41) is 0. The second kappa shape index (κ2) is 5.45. The average molecular weight is 263 g/mol. The van der Waals surface area contributed by atoms with Crippen LogP contribution in [0.15, 0.2) is 18.5 Å². The monoisotopic (exact) mass is 263 g/mol. The van der Waals surface area contributed by atoms with Crippen molar-refractivity contribution >= 4 is 0 Å². The third-order valence-corrected chi connectivity index (χ3v) is 4.17. The smallest absolute Gasteiger partial charge is 0.137 e. The number of fused-ring (bicyclic) bond motifs is 2.